The van der Waals surface area contributed by atoms with Crippen LogP contribution in [0.4, 0.5) is 5.13 Å². The Hall–Kier alpha value is -0.720. The number of rotatable bonds is 2. The number of aliphatic hydroxyl groups is 1. The van der Waals surface area contributed by atoms with Crippen molar-refractivity contribution in [2.75, 3.05) is 38.1 Å². The number of aromatic nitrogens is 2. The molecule has 1 atom stereocenters. The van der Waals surface area contributed by atoms with Crippen LogP contribution in [0.2, 0.25) is 0 Å². The Labute approximate surface area is 131 Å². The van der Waals surface area contributed by atoms with Crippen LogP contribution in [0.15, 0.2) is 0 Å². The molecule has 5 nitrogen and oxygen atoms in total. The summed E-state index contributed by atoms with van der Waals surface area (Å²) < 4.78 is 0. The fraction of sp³-hybridized carbons (Fsp3) is 0.867. The van der Waals surface area contributed by atoms with Gasteiger partial charge in [-0.25, -0.2) is 0 Å². The first-order valence-corrected chi connectivity index (χ1v) is 8.74. The number of nitrogens with zero attached hydrogens (tertiary/aromatic N) is 4. The first-order chi connectivity index (χ1) is 9.97. The summed E-state index contributed by atoms with van der Waals surface area (Å²) >= 11 is 1.73. The first-order valence-electron chi connectivity index (χ1n) is 7.92. The molecular weight excluding hydrogens is 284 g/mol. The minimum atomic E-state index is -0.163. The Morgan fingerprint density at radius 2 is 2.00 bits per heavy atom. The molecule has 2 fully saturated rings. The molecule has 0 amide bonds. The van der Waals surface area contributed by atoms with E-state index < -0.39 is 0 Å². The molecule has 0 aromatic carbocycles. The van der Waals surface area contributed by atoms with Gasteiger partial charge in [0.25, 0.3) is 0 Å². The third-order valence-corrected chi connectivity index (χ3v) is 6.10. The zero-order chi connectivity index (χ0) is 15.0. The minimum absolute atomic E-state index is 0.163. The molecule has 2 aliphatic heterocycles. The molecule has 3 rings (SSSR count). The van der Waals surface area contributed by atoms with Crippen molar-refractivity contribution in [3.8, 4) is 0 Å². The van der Waals surface area contributed by atoms with Crippen LogP contribution >= 0.6 is 11.3 Å². The molecule has 2 saturated heterocycles. The minimum Gasteiger partial charge on any atom is -0.392 e. The van der Waals surface area contributed by atoms with E-state index in [1.807, 2.05) is 0 Å². The van der Waals surface area contributed by atoms with E-state index in [4.69, 9.17) is 0 Å². The van der Waals surface area contributed by atoms with Crippen molar-refractivity contribution >= 4 is 16.5 Å². The number of likely N-dealkylation sites (N-methyl/N-ethyl adjacent to an activating group) is 1. The number of anilines is 1. The molecule has 1 aromatic heterocycles. The molecule has 0 aliphatic carbocycles. The lowest BCUT2D eigenvalue weighted by Crippen LogP contribution is -2.52. The zero-order valence-corrected chi connectivity index (χ0v) is 14.1. The molecule has 1 unspecified atom stereocenters. The highest BCUT2D eigenvalue weighted by atomic mass is 32.1. The van der Waals surface area contributed by atoms with Crippen LogP contribution < -0.4 is 4.90 Å². The van der Waals surface area contributed by atoms with Crippen LogP contribution in [0.5, 0.6) is 0 Å². The Morgan fingerprint density at radius 3 is 2.57 bits per heavy atom. The van der Waals surface area contributed by atoms with Crippen LogP contribution in [-0.2, 0) is 0 Å². The van der Waals surface area contributed by atoms with Crippen molar-refractivity contribution in [2.24, 2.45) is 5.41 Å². The maximum absolute atomic E-state index is 10.1. The van der Waals surface area contributed by atoms with Crippen LogP contribution in [-0.4, -0.2) is 59.5 Å². The van der Waals surface area contributed by atoms with Crippen molar-refractivity contribution in [2.45, 2.75) is 45.1 Å². The predicted octanol–water partition coefficient (Wildman–Crippen LogP) is 1.94. The molecule has 0 bridgehead atoms. The summed E-state index contributed by atoms with van der Waals surface area (Å²) in [6, 6.07) is 0. The Bertz CT molecular complexity index is 470. The molecular formula is C15H26N4OS. The van der Waals surface area contributed by atoms with Crippen LogP contribution in [0.25, 0.3) is 0 Å². The zero-order valence-electron chi connectivity index (χ0n) is 13.2. The summed E-state index contributed by atoms with van der Waals surface area (Å²) in [6.45, 7) is 8.33. The molecule has 1 aromatic rings. The van der Waals surface area contributed by atoms with Crippen molar-refractivity contribution in [1.82, 2.24) is 15.1 Å². The second kappa shape index (κ2) is 5.82. The molecule has 3 heterocycles. The number of aliphatic hydroxyl groups excluding tert-OH is 1. The van der Waals surface area contributed by atoms with Gasteiger partial charge in [0, 0.05) is 32.1 Å². The summed E-state index contributed by atoms with van der Waals surface area (Å²) in [5.74, 6) is 0.453. The van der Waals surface area contributed by atoms with E-state index in [0.717, 1.165) is 55.6 Å². The van der Waals surface area contributed by atoms with E-state index in [1.165, 1.54) is 0 Å². The van der Waals surface area contributed by atoms with Gasteiger partial charge >= 0.3 is 0 Å². The SMILES string of the molecule is CC(C)c1nnc(N2CCC3(CC2)CC(O)CN(C)C3)s1. The van der Waals surface area contributed by atoms with Crippen molar-refractivity contribution in [3.63, 3.8) is 0 Å². The normalized spacial score (nSPS) is 26.7. The van der Waals surface area contributed by atoms with Gasteiger partial charge in [-0.1, -0.05) is 25.2 Å². The second-order valence-corrected chi connectivity index (χ2v) is 8.11. The summed E-state index contributed by atoms with van der Waals surface area (Å²) in [5, 5.41) is 20.9. The number of hydrogen-bond donors (Lipinski definition) is 1. The van der Waals surface area contributed by atoms with Crippen molar-refractivity contribution in [3.05, 3.63) is 5.01 Å². The molecule has 21 heavy (non-hydrogen) atoms. The average molecular weight is 310 g/mol. The third-order valence-electron chi connectivity index (χ3n) is 4.81. The van der Waals surface area contributed by atoms with E-state index in [2.05, 4.69) is 40.9 Å². The van der Waals surface area contributed by atoms with E-state index in [-0.39, 0.29) is 6.10 Å². The molecule has 1 spiro atoms. The number of likely N-dealkylation sites (tertiary alicyclic amines) is 1. The van der Waals surface area contributed by atoms with Gasteiger partial charge in [-0.2, -0.15) is 0 Å². The van der Waals surface area contributed by atoms with Crippen LogP contribution in [0, 0.1) is 5.41 Å². The first kappa shape index (κ1) is 15.2. The number of β-amino-alcohol motifs (C(OH)–C–C–N with tert-alkyl or cyclic N) is 1. The summed E-state index contributed by atoms with van der Waals surface area (Å²) in [6.07, 6.45) is 3.08. The lowest BCUT2D eigenvalue weighted by molar-refractivity contribution is -0.0111. The predicted molar refractivity (Wildman–Crippen MR) is 86.0 cm³/mol. The number of hydrogen-bond acceptors (Lipinski definition) is 6. The third kappa shape index (κ3) is 3.22. The Balaban J connectivity index is 1.64. The van der Waals surface area contributed by atoms with Crippen LogP contribution in [0.3, 0.4) is 0 Å². The van der Waals surface area contributed by atoms with Gasteiger partial charge in [0.2, 0.25) is 5.13 Å². The summed E-state index contributed by atoms with van der Waals surface area (Å²) in [4.78, 5) is 4.65. The van der Waals surface area contributed by atoms with E-state index >= 15 is 0 Å². The molecule has 1 N–H and O–H groups in total. The lowest BCUT2D eigenvalue weighted by Gasteiger charge is -2.48. The highest BCUT2D eigenvalue weighted by Crippen LogP contribution is 2.41. The molecule has 6 heteroatoms. The maximum Gasteiger partial charge on any atom is 0.208 e. The largest absolute Gasteiger partial charge is 0.392 e. The van der Waals surface area contributed by atoms with Gasteiger partial charge in [-0.05, 0) is 31.7 Å². The molecule has 0 radical (unpaired) electrons. The van der Waals surface area contributed by atoms with Gasteiger partial charge < -0.3 is 14.9 Å². The Kier molecular flexibility index (Phi) is 4.21. The maximum atomic E-state index is 10.1. The topological polar surface area (TPSA) is 52.5 Å². The standard InChI is InChI=1S/C15H26N4OS/c1-11(2)13-16-17-14(21-13)19-6-4-15(5-7-19)8-12(20)9-18(3)10-15/h11-12,20H,4-10H2,1-3H3. The van der Waals surface area contributed by atoms with Crippen molar-refractivity contribution < 1.29 is 5.11 Å². The fourth-order valence-corrected chi connectivity index (χ4v) is 4.65. The molecule has 0 saturated carbocycles. The van der Waals surface area contributed by atoms with E-state index in [0.29, 0.717) is 11.3 Å². The highest BCUT2D eigenvalue weighted by Gasteiger charge is 2.41. The number of piperidine rings is 2. The van der Waals surface area contributed by atoms with Crippen LogP contribution in [0.1, 0.15) is 44.0 Å². The van der Waals surface area contributed by atoms with E-state index in [9.17, 15) is 5.11 Å². The van der Waals surface area contributed by atoms with Gasteiger partial charge in [0.05, 0.1) is 6.10 Å². The molecule has 2 aliphatic rings. The fourth-order valence-electron chi connectivity index (χ4n) is 3.75. The quantitative estimate of drug-likeness (QED) is 0.905. The lowest BCUT2D eigenvalue weighted by atomic mass is 9.72. The summed E-state index contributed by atoms with van der Waals surface area (Å²) in [5.41, 5.74) is 0.300. The van der Waals surface area contributed by atoms with Gasteiger partial charge in [-0.3, -0.25) is 0 Å². The van der Waals surface area contributed by atoms with Gasteiger partial charge in [0.1, 0.15) is 5.01 Å². The van der Waals surface area contributed by atoms with Crippen molar-refractivity contribution in [1.29, 1.82) is 0 Å². The monoisotopic (exact) mass is 310 g/mol. The van der Waals surface area contributed by atoms with Gasteiger partial charge in [0.15, 0.2) is 0 Å². The van der Waals surface area contributed by atoms with Gasteiger partial charge in [-0.15, -0.1) is 10.2 Å². The summed E-state index contributed by atoms with van der Waals surface area (Å²) in [7, 11) is 2.12. The molecule has 118 valence electrons. The average Bonchev–Trinajstić information content (AvgIpc) is 2.88. The highest BCUT2D eigenvalue weighted by molar-refractivity contribution is 7.15. The second-order valence-electron chi connectivity index (χ2n) is 7.12. The smallest absolute Gasteiger partial charge is 0.208 e. The Morgan fingerprint density at radius 1 is 1.29 bits per heavy atom. The van der Waals surface area contributed by atoms with E-state index in [1.54, 1.807) is 11.3 Å².